The number of carbonyl (C=O) groups excluding carboxylic acids is 1. The number of nitrogens with one attached hydrogen (secondary N) is 2. The van der Waals surface area contributed by atoms with Crippen LogP contribution in [-0.2, 0) is 22.9 Å². The van der Waals surface area contributed by atoms with Crippen LogP contribution in [-0.4, -0.2) is 56.3 Å². The molecule has 0 atom stereocenters. The fraction of sp³-hybridized carbons (Fsp3) is 0.429. The molecular weight excluding hydrogens is 404 g/mol. The molecule has 30 heavy (non-hydrogen) atoms. The van der Waals surface area contributed by atoms with E-state index < -0.39 is 21.3 Å². The summed E-state index contributed by atoms with van der Waals surface area (Å²) in [6.07, 6.45) is 4.43. The molecule has 0 unspecified atom stereocenters. The molecule has 2 aromatic rings. The van der Waals surface area contributed by atoms with E-state index in [4.69, 9.17) is 4.74 Å². The van der Waals surface area contributed by atoms with E-state index in [1.54, 1.807) is 19.4 Å². The number of fused-ring (bicyclic) bond motifs is 1. The SMILES string of the molecule is CCN1CC(S(=O)(=O)NC(=O)Nc2c(-c3ccnc(OC)c3)ccc3c2CCC3)C1. The number of likely N-dealkylation sites (tertiary alicyclic amines) is 1. The molecule has 160 valence electrons. The van der Waals surface area contributed by atoms with E-state index in [1.807, 2.05) is 24.0 Å². The number of ether oxygens (including phenoxy) is 1. The van der Waals surface area contributed by atoms with Crippen molar-refractivity contribution in [2.75, 3.05) is 32.1 Å². The van der Waals surface area contributed by atoms with Crippen LogP contribution in [0.2, 0.25) is 0 Å². The Labute approximate surface area is 176 Å². The van der Waals surface area contributed by atoms with Gasteiger partial charge in [-0.05, 0) is 48.6 Å². The molecule has 8 nitrogen and oxygen atoms in total. The summed E-state index contributed by atoms with van der Waals surface area (Å²) in [5.74, 6) is 0.469. The number of rotatable bonds is 6. The van der Waals surface area contributed by atoms with Crippen LogP contribution in [0.15, 0.2) is 30.5 Å². The Hall–Kier alpha value is -2.65. The Morgan fingerprint density at radius 2 is 2.07 bits per heavy atom. The number of benzene rings is 1. The first kappa shape index (κ1) is 20.6. The predicted molar refractivity (Wildman–Crippen MR) is 115 cm³/mol. The third kappa shape index (κ3) is 3.99. The average Bonchev–Trinajstić information content (AvgIpc) is 3.16. The van der Waals surface area contributed by atoms with E-state index >= 15 is 0 Å². The molecule has 4 rings (SSSR count). The smallest absolute Gasteiger partial charge is 0.332 e. The van der Waals surface area contributed by atoms with Crippen molar-refractivity contribution in [3.63, 3.8) is 0 Å². The van der Waals surface area contributed by atoms with E-state index in [0.717, 1.165) is 42.5 Å². The maximum absolute atomic E-state index is 12.7. The summed E-state index contributed by atoms with van der Waals surface area (Å²) >= 11 is 0. The topological polar surface area (TPSA) is 101 Å². The Kier molecular flexibility index (Phi) is 5.66. The summed E-state index contributed by atoms with van der Waals surface area (Å²) in [6, 6.07) is 6.93. The number of sulfonamides is 1. The summed E-state index contributed by atoms with van der Waals surface area (Å²) in [4.78, 5) is 18.8. The third-order valence-corrected chi connectivity index (χ3v) is 7.47. The minimum Gasteiger partial charge on any atom is -0.481 e. The number of methoxy groups -OCH3 is 1. The second-order valence-corrected chi connectivity index (χ2v) is 9.60. The number of carbonyl (C=O) groups is 1. The zero-order valence-electron chi connectivity index (χ0n) is 17.1. The standard InChI is InChI=1S/C21H26N4O4S/c1-3-25-12-16(13-25)30(27,28)24-21(26)23-20-17-6-4-5-14(17)7-8-18(20)15-9-10-22-19(11-15)29-2/h7-11,16H,3-6,12-13H2,1-2H3,(H2,23,24,26). The summed E-state index contributed by atoms with van der Waals surface area (Å²) in [5, 5.41) is 2.27. The molecule has 1 aliphatic carbocycles. The summed E-state index contributed by atoms with van der Waals surface area (Å²) in [6.45, 7) is 3.67. The van der Waals surface area contributed by atoms with Gasteiger partial charge in [-0.25, -0.2) is 22.9 Å². The van der Waals surface area contributed by atoms with Gasteiger partial charge in [0.1, 0.15) is 5.25 Å². The lowest BCUT2D eigenvalue weighted by Gasteiger charge is -2.37. The number of nitrogens with zero attached hydrogens (tertiary/aromatic N) is 2. The van der Waals surface area contributed by atoms with Crippen molar-refractivity contribution in [2.45, 2.75) is 31.4 Å². The van der Waals surface area contributed by atoms with Gasteiger partial charge in [0.05, 0.1) is 12.8 Å². The molecule has 0 radical (unpaired) electrons. The highest BCUT2D eigenvalue weighted by atomic mass is 32.2. The largest absolute Gasteiger partial charge is 0.481 e. The molecule has 1 fully saturated rings. The van der Waals surface area contributed by atoms with Gasteiger partial charge in [-0.1, -0.05) is 19.1 Å². The van der Waals surface area contributed by atoms with Crippen LogP contribution >= 0.6 is 0 Å². The second kappa shape index (κ2) is 8.23. The lowest BCUT2D eigenvalue weighted by molar-refractivity contribution is 0.194. The van der Waals surface area contributed by atoms with Crippen LogP contribution < -0.4 is 14.8 Å². The zero-order chi connectivity index (χ0) is 21.3. The fourth-order valence-electron chi connectivity index (χ4n) is 4.07. The first-order valence-electron chi connectivity index (χ1n) is 10.1. The molecule has 9 heteroatoms. The van der Waals surface area contributed by atoms with E-state index in [2.05, 4.69) is 21.1 Å². The predicted octanol–water partition coefficient (Wildman–Crippen LogP) is 2.40. The third-order valence-electron chi connectivity index (χ3n) is 5.82. The second-order valence-electron chi connectivity index (χ2n) is 7.64. The van der Waals surface area contributed by atoms with Crippen molar-refractivity contribution >= 4 is 21.7 Å². The normalized spacial score (nSPS) is 16.6. The van der Waals surface area contributed by atoms with Gasteiger partial charge >= 0.3 is 6.03 Å². The van der Waals surface area contributed by atoms with Crippen molar-refractivity contribution in [3.8, 4) is 17.0 Å². The van der Waals surface area contributed by atoms with E-state index in [1.165, 1.54) is 5.56 Å². The van der Waals surface area contributed by atoms with Crippen LogP contribution in [0, 0.1) is 0 Å². The molecule has 0 bridgehead atoms. The zero-order valence-corrected chi connectivity index (χ0v) is 18.0. The Bertz CT molecular complexity index is 1060. The minimum atomic E-state index is -3.72. The van der Waals surface area contributed by atoms with Gasteiger partial charge < -0.3 is 15.0 Å². The number of urea groups is 1. The minimum absolute atomic E-state index is 0.446. The van der Waals surface area contributed by atoms with E-state index in [0.29, 0.717) is 24.7 Å². The number of hydrogen-bond acceptors (Lipinski definition) is 6. The lowest BCUT2D eigenvalue weighted by Crippen LogP contribution is -2.58. The van der Waals surface area contributed by atoms with Crippen LogP contribution in [0.25, 0.3) is 11.1 Å². The number of amides is 2. The molecule has 1 aliphatic heterocycles. The molecular formula is C21H26N4O4S. The van der Waals surface area contributed by atoms with Crippen LogP contribution in [0.1, 0.15) is 24.5 Å². The van der Waals surface area contributed by atoms with Gasteiger partial charge in [0.15, 0.2) is 0 Å². The van der Waals surface area contributed by atoms with Gasteiger partial charge in [0.25, 0.3) is 0 Å². The molecule has 1 saturated heterocycles. The van der Waals surface area contributed by atoms with E-state index in [9.17, 15) is 13.2 Å². The monoisotopic (exact) mass is 430 g/mol. The molecule has 0 saturated carbocycles. The first-order valence-corrected chi connectivity index (χ1v) is 11.7. The lowest BCUT2D eigenvalue weighted by atomic mass is 9.98. The number of aryl methyl sites for hydroxylation is 1. The van der Waals surface area contributed by atoms with Gasteiger partial charge in [0.2, 0.25) is 15.9 Å². The molecule has 2 N–H and O–H groups in total. The highest BCUT2D eigenvalue weighted by molar-refractivity contribution is 7.90. The van der Waals surface area contributed by atoms with Gasteiger partial charge in [-0.2, -0.15) is 0 Å². The Morgan fingerprint density at radius 3 is 2.80 bits per heavy atom. The van der Waals surface area contributed by atoms with E-state index in [-0.39, 0.29) is 0 Å². The number of aromatic nitrogens is 1. The van der Waals surface area contributed by atoms with Crippen LogP contribution in [0.5, 0.6) is 5.88 Å². The average molecular weight is 431 g/mol. The maximum atomic E-state index is 12.7. The molecule has 1 aromatic carbocycles. The maximum Gasteiger partial charge on any atom is 0.332 e. The Balaban J connectivity index is 1.60. The highest BCUT2D eigenvalue weighted by Gasteiger charge is 2.37. The van der Waals surface area contributed by atoms with Crippen LogP contribution in [0.4, 0.5) is 10.5 Å². The fourth-order valence-corrected chi connectivity index (χ4v) is 5.36. The first-order chi connectivity index (χ1) is 14.4. The number of anilines is 1. The molecule has 2 amide bonds. The number of hydrogen-bond donors (Lipinski definition) is 2. The van der Waals surface area contributed by atoms with Gasteiger partial charge in [-0.3, -0.25) is 0 Å². The van der Waals surface area contributed by atoms with Crippen molar-refractivity contribution < 1.29 is 17.9 Å². The van der Waals surface area contributed by atoms with Crippen molar-refractivity contribution in [1.82, 2.24) is 14.6 Å². The summed E-state index contributed by atoms with van der Waals surface area (Å²) < 4.78 is 32.5. The summed E-state index contributed by atoms with van der Waals surface area (Å²) in [5.41, 5.74) is 4.53. The molecule has 0 spiro atoms. The molecule has 1 aromatic heterocycles. The van der Waals surface area contributed by atoms with Crippen molar-refractivity contribution in [1.29, 1.82) is 0 Å². The highest BCUT2D eigenvalue weighted by Crippen LogP contribution is 2.38. The van der Waals surface area contributed by atoms with Crippen molar-refractivity contribution in [2.24, 2.45) is 0 Å². The van der Waals surface area contributed by atoms with Gasteiger partial charge in [0, 0.05) is 30.9 Å². The Morgan fingerprint density at radius 1 is 1.27 bits per heavy atom. The quantitative estimate of drug-likeness (QED) is 0.730. The molecule has 2 heterocycles. The van der Waals surface area contributed by atoms with Crippen molar-refractivity contribution in [3.05, 3.63) is 41.6 Å². The number of pyridine rings is 1. The molecule has 2 aliphatic rings. The van der Waals surface area contributed by atoms with Gasteiger partial charge in [-0.15, -0.1) is 0 Å². The summed E-state index contributed by atoms with van der Waals surface area (Å²) in [7, 11) is -2.17. The van der Waals surface area contributed by atoms with Crippen LogP contribution in [0.3, 0.4) is 0 Å².